The smallest absolute Gasteiger partial charge is 0.236 e. The highest BCUT2D eigenvalue weighted by atomic mass is 32.2. The fourth-order valence-corrected chi connectivity index (χ4v) is 0.676. The van der Waals surface area contributed by atoms with Crippen molar-refractivity contribution in [1.82, 2.24) is 0 Å². The molecule has 3 nitrogen and oxygen atoms in total. The first-order valence-corrected chi connectivity index (χ1v) is 3.83. The molecule has 0 unspecified atom stereocenters. The second kappa shape index (κ2) is 2.75. The van der Waals surface area contributed by atoms with Gasteiger partial charge in [-0.05, 0) is 0 Å². The first-order chi connectivity index (χ1) is 4.31. The lowest BCUT2D eigenvalue weighted by molar-refractivity contribution is -0.0440. The predicted octanol–water partition coefficient (Wildman–Crippen LogP) is 0.352. The molecule has 0 rings (SSSR count). The highest BCUT2D eigenvalue weighted by Crippen LogP contribution is 2.23. The van der Waals surface area contributed by atoms with Crippen LogP contribution in [0.1, 0.15) is 0 Å². The number of hydrogen-bond donors (Lipinski definition) is 0. The van der Waals surface area contributed by atoms with Crippen LogP contribution in [0.3, 0.4) is 0 Å². The maximum atomic E-state index is 11.3. The van der Waals surface area contributed by atoms with Crippen molar-refractivity contribution in [1.29, 1.82) is 0 Å². The van der Waals surface area contributed by atoms with Gasteiger partial charge < -0.3 is 0 Å². The van der Waals surface area contributed by atoms with E-state index in [1.807, 2.05) is 0 Å². The Hall–Kier alpha value is -0.300. The summed E-state index contributed by atoms with van der Waals surface area (Å²) in [5.74, 6) is -1.38. The number of alkyl halides is 3. The third-order valence-electron chi connectivity index (χ3n) is 0.705. The van der Waals surface area contributed by atoms with Gasteiger partial charge in [-0.1, -0.05) is 0 Å². The van der Waals surface area contributed by atoms with E-state index in [2.05, 4.69) is 0 Å². The molecular formula is C3H4F3O3S. The van der Waals surface area contributed by atoms with E-state index in [0.717, 1.165) is 0 Å². The third kappa shape index (κ3) is 2.14. The largest absolute Gasteiger partial charge is 0.497 e. The van der Waals surface area contributed by atoms with E-state index in [-0.39, 0.29) is 0 Å². The van der Waals surface area contributed by atoms with Crippen molar-refractivity contribution in [2.75, 3.05) is 12.4 Å². The Morgan fingerprint density at radius 2 is 1.60 bits per heavy atom. The summed E-state index contributed by atoms with van der Waals surface area (Å²) in [6.45, 7) is -1.26. The van der Waals surface area contributed by atoms with E-state index in [0.29, 0.717) is 0 Å². The van der Waals surface area contributed by atoms with E-state index < -0.39 is 27.7 Å². The zero-order valence-corrected chi connectivity index (χ0v) is 5.50. The zero-order chi connectivity index (χ0) is 8.41. The lowest BCUT2D eigenvalue weighted by Gasteiger charge is -2.04. The first-order valence-electron chi connectivity index (χ1n) is 2.18. The Labute approximate surface area is 55.4 Å². The molecule has 0 aliphatic carbocycles. The van der Waals surface area contributed by atoms with Crippen molar-refractivity contribution in [3.05, 3.63) is 0 Å². The second-order valence-corrected chi connectivity index (χ2v) is 3.57. The molecule has 0 N–H and O–H groups in total. The molecule has 0 spiro atoms. The molecule has 10 heavy (non-hydrogen) atoms. The van der Waals surface area contributed by atoms with Gasteiger partial charge in [0, 0.05) is 0 Å². The topological polar surface area (TPSA) is 54.0 Å². The minimum Gasteiger partial charge on any atom is -0.236 e. The molecule has 0 saturated heterocycles. The second-order valence-electron chi connectivity index (χ2n) is 1.47. The number of sulfone groups is 1. The average Bonchev–Trinajstić information content (AvgIpc) is 1.61. The molecule has 0 aliphatic heterocycles. The summed E-state index contributed by atoms with van der Waals surface area (Å²) in [4.78, 5) is 0. The number of rotatable bonds is 2. The van der Waals surface area contributed by atoms with Gasteiger partial charge >= 0.3 is 5.51 Å². The SMILES string of the molecule is [O]CCS(=O)(=O)C(F)(F)F. The predicted molar refractivity (Wildman–Crippen MR) is 25.4 cm³/mol. The van der Waals surface area contributed by atoms with Crippen LogP contribution in [0.25, 0.3) is 0 Å². The van der Waals surface area contributed by atoms with Crippen LogP contribution in [0.4, 0.5) is 13.2 Å². The Morgan fingerprint density at radius 3 is 1.70 bits per heavy atom. The fraction of sp³-hybridized carbons (Fsp3) is 1.00. The summed E-state index contributed by atoms with van der Waals surface area (Å²) in [7, 11) is -5.16. The summed E-state index contributed by atoms with van der Waals surface area (Å²) >= 11 is 0. The quantitative estimate of drug-likeness (QED) is 0.611. The zero-order valence-electron chi connectivity index (χ0n) is 4.68. The van der Waals surface area contributed by atoms with Crippen molar-refractivity contribution in [2.45, 2.75) is 5.51 Å². The molecule has 0 aliphatic rings. The van der Waals surface area contributed by atoms with Crippen LogP contribution < -0.4 is 0 Å². The minimum atomic E-state index is -5.28. The van der Waals surface area contributed by atoms with Gasteiger partial charge in [-0.2, -0.15) is 13.2 Å². The Kier molecular flexibility index (Phi) is 2.67. The van der Waals surface area contributed by atoms with Crippen LogP contribution in [0.5, 0.6) is 0 Å². The Balaban J connectivity index is 4.44. The van der Waals surface area contributed by atoms with Crippen LogP contribution >= 0.6 is 0 Å². The molecule has 0 heterocycles. The van der Waals surface area contributed by atoms with Crippen LogP contribution in [0.2, 0.25) is 0 Å². The molecule has 0 aromatic carbocycles. The van der Waals surface area contributed by atoms with Crippen LogP contribution in [-0.4, -0.2) is 26.3 Å². The van der Waals surface area contributed by atoms with Crippen molar-refractivity contribution in [3.63, 3.8) is 0 Å². The lowest BCUT2D eigenvalue weighted by Crippen LogP contribution is -2.27. The van der Waals surface area contributed by atoms with E-state index in [1.54, 1.807) is 0 Å². The molecule has 0 atom stereocenters. The van der Waals surface area contributed by atoms with Gasteiger partial charge in [0.15, 0.2) is 0 Å². The summed E-state index contributed by atoms with van der Waals surface area (Å²) in [6.07, 6.45) is 0. The highest BCUT2D eigenvalue weighted by molar-refractivity contribution is 7.92. The number of hydrogen-bond acceptors (Lipinski definition) is 2. The van der Waals surface area contributed by atoms with Gasteiger partial charge in [0.2, 0.25) is 9.84 Å². The molecule has 0 amide bonds. The Bertz CT molecular complexity index is 192. The number of halogens is 3. The molecule has 7 heteroatoms. The molecule has 0 aromatic heterocycles. The van der Waals surface area contributed by atoms with Crippen molar-refractivity contribution >= 4 is 9.84 Å². The monoisotopic (exact) mass is 177 g/mol. The molecule has 0 saturated carbocycles. The van der Waals surface area contributed by atoms with Crippen LogP contribution in [-0.2, 0) is 14.9 Å². The van der Waals surface area contributed by atoms with Gasteiger partial charge in [0.25, 0.3) is 0 Å². The third-order valence-corrected chi connectivity index (χ3v) is 2.11. The van der Waals surface area contributed by atoms with E-state index >= 15 is 0 Å². The minimum absolute atomic E-state index is 1.26. The maximum Gasteiger partial charge on any atom is 0.497 e. The summed E-state index contributed by atoms with van der Waals surface area (Å²) in [5, 5.41) is 9.51. The maximum absolute atomic E-state index is 11.3. The van der Waals surface area contributed by atoms with Crippen molar-refractivity contribution in [2.24, 2.45) is 0 Å². The highest BCUT2D eigenvalue weighted by Gasteiger charge is 2.44. The van der Waals surface area contributed by atoms with Crippen molar-refractivity contribution in [3.8, 4) is 0 Å². The normalized spacial score (nSPS) is 13.6. The van der Waals surface area contributed by atoms with Gasteiger partial charge in [-0.15, -0.1) is 0 Å². The van der Waals surface area contributed by atoms with Crippen LogP contribution in [0, 0.1) is 0 Å². The van der Waals surface area contributed by atoms with Gasteiger partial charge in [-0.3, -0.25) is 0 Å². The van der Waals surface area contributed by atoms with Crippen LogP contribution in [0.15, 0.2) is 0 Å². The molecule has 1 radical (unpaired) electrons. The molecule has 0 fully saturated rings. The summed E-state index contributed by atoms with van der Waals surface area (Å²) < 4.78 is 53.7. The van der Waals surface area contributed by atoms with Gasteiger partial charge in [-0.25, -0.2) is 13.5 Å². The van der Waals surface area contributed by atoms with Crippen molar-refractivity contribution < 1.29 is 26.7 Å². The summed E-state index contributed by atoms with van der Waals surface area (Å²) in [6, 6.07) is 0. The molecule has 0 bridgehead atoms. The fourth-order valence-electron chi connectivity index (χ4n) is 0.225. The van der Waals surface area contributed by atoms with Gasteiger partial charge in [0.1, 0.15) is 0 Å². The lowest BCUT2D eigenvalue weighted by atomic mass is 10.9. The Morgan fingerprint density at radius 1 is 1.20 bits per heavy atom. The standard InChI is InChI=1S/C3H4F3O3S/c4-3(5,6)10(8,9)2-1-7/h1-2H2. The molecular weight excluding hydrogens is 173 g/mol. The van der Waals surface area contributed by atoms with E-state index in [9.17, 15) is 26.7 Å². The van der Waals surface area contributed by atoms with Gasteiger partial charge in [0.05, 0.1) is 12.4 Å². The molecule has 61 valence electrons. The van der Waals surface area contributed by atoms with E-state index in [1.165, 1.54) is 0 Å². The molecule has 0 aromatic rings. The average molecular weight is 177 g/mol. The van der Waals surface area contributed by atoms with E-state index in [4.69, 9.17) is 0 Å². The first kappa shape index (κ1) is 9.70. The summed E-state index contributed by atoms with van der Waals surface area (Å²) in [5.41, 5.74) is -5.28.